The van der Waals surface area contributed by atoms with Crippen LogP contribution in [0.3, 0.4) is 0 Å². The molecule has 26 heavy (non-hydrogen) atoms. The fraction of sp³-hybridized carbons (Fsp3) is 0.368. The Morgan fingerprint density at radius 2 is 2.15 bits per heavy atom. The molecule has 0 N–H and O–H groups in total. The van der Waals surface area contributed by atoms with Gasteiger partial charge in [-0.15, -0.1) is 5.10 Å². The van der Waals surface area contributed by atoms with Gasteiger partial charge in [0.05, 0.1) is 24.6 Å². The molecule has 0 saturated heterocycles. The van der Waals surface area contributed by atoms with E-state index in [0.717, 1.165) is 31.0 Å². The first-order valence-electron chi connectivity index (χ1n) is 8.77. The van der Waals surface area contributed by atoms with Crippen molar-refractivity contribution in [2.75, 3.05) is 13.2 Å². The summed E-state index contributed by atoms with van der Waals surface area (Å²) in [6.45, 7) is 3.69. The summed E-state index contributed by atoms with van der Waals surface area (Å²) < 4.78 is 7.85. The molecule has 0 aliphatic carbocycles. The van der Waals surface area contributed by atoms with Crippen LogP contribution < -0.4 is 0 Å². The lowest BCUT2D eigenvalue weighted by molar-refractivity contribution is 0.0812. The SMILES string of the molecule is Cn1nnc2c1[C@@H](COCc1ccccn1)CN(Cc1cccnc1)C2. The van der Waals surface area contributed by atoms with Crippen LogP contribution >= 0.6 is 0 Å². The Hall–Kier alpha value is -2.64. The predicted octanol–water partition coefficient (Wildman–Crippen LogP) is 1.92. The maximum atomic E-state index is 5.97. The fourth-order valence-electron chi connectivity index (χ4n) is 3.49. The van der Waals surface area contributed by atoms with E-state index in [4.69, 9.17) is 4.74 Å². The Labute approximate surface area is 152 Å². The second-order valence-electron chi connectivity index (χ2n) is 6.61. The highest BCUT2D eigenvalue weighted by Crippen LogP contribution is 2.28. The van der Waals surface area contributed by atoms with Gasteiger partial charge in [0.15, 0.2) is 0 Å². The van der Waals surface area contributed by atoms with Crippen molar-refractivity contribution in [3.8, 4) is 0 Å². The summed E-state index contributed by atoms with van der Waals surface area (Å²) >= 11 is 0. The molecule has 7 heteroatoms. The minimum atomic E-state index is 0.235. The van der Waals surface area contributed by atoms with E-state index in [2.05, 4.69) is 31.2 Å². The number of fused-ring (bicyclic) bond motifs is 1. The van der Waals surface area contributed by atoms with Gasteiger partial charge in [-0.3, -0.25) is 19.5 Å². The van der Waals surface area contributed by atoms with Crippen LogP contribution in [0.25, 0.3) is 0 Å². The number of aromatic nitrogens is 5. The van der Waals surface area contributed by atoms with E-state index in [0.29, 0.717) is 13.2 Å². The Morgan fingerprint density at radius 1 is 1.19 bits per heavy atom. The van der Waals surface area contributed by atoms with Crippen LogP contribution in [0.15, 0.2) is 48.9 Å². The van der Waals surface area contributed by atoms with Gasteiger partial charge >= 0.3 is 0 Å². The summed E-state index contributed by atoms with van der Waals surface area (Å²) in [6, 6.07) is 9.94. The largest absolute Gasteiger partial charge is 0.374 e. The van der Waals surface area contributed by atoms with Gasteiger partial charge in [0, 0.05) is 51.2 Å². The quantitative estimate of drug-likeness (QED) is 0.677. The van der Waals surface area contributed by atoms with E-state index in [1.54, 1.807) is 12.4 Å². The van der Waals surface area contributed by atoms with Crippen LogP contribution in [-0.2, 0) is 31.5 Å². The van der Waals surface area contributed by atoms with Gasteiger partial charge in [-0.2, -0.15) is 0 Å². The van der Waals surface area contributed by atoms with Crippen LogP contribution in [-0.4, -0.2) is 43.0 Å². The molecule has 0 radical (unpaired) electrons. The van der Waals surface area contributed by atoms with Crippen LogP contribution in [0.1, 0.15) is 28.6 Å². The first kappa shape index (κ1) is 16.8. The number of rotatable bonds is 6. The zero-order chi connectivity index (χ0) is 17.8. The van der Waals surface area contributed by atoms with Gasteiger partial charge in [-0.05, 0) is 23.8 Å². The van der Waals surface area contributed by atoms with E-state index >= 15 is 0 Å². The molecule has 1 atom stereocenters. The number of hydrogen-bond acceptors (Lipinski definition) is 6. The van der Waals surface area contributed by atoms with Crippen LogP contribution in [0, 0.1) is 0 Å². The Balaban J connectivity index is 1.44. The molecule has 7 nitrogen and oxygen atoms in total. The van der Waals surface area contributed by atoms with Crippen LogP contribution in [0.5, 0.6) is 0 Å². The normalized spacial score (nSPS) is 17.2. The Bertz CT molecular complexity index is 836. The molecule has 0 bridgehead atoms. The van der Waals surface area contributed by atoms with Crippen molar-refractivity contribution in [2.45, 2.75) is 25.6 Å². The van der Waals surface area contributed by atoms with Gasteiger partial charge in [0.1, 0.15) is 5.69 Å². The molecule has 0 aromatic carbocycles. The van der Waals surface area contributed by atoms with Crippen molar-refractivity contribution in [1.29, 1.82) is 0 Å². The summed E-state index contributed by atoms with van der Waals surface area (Å²) in [5.41, 5.74) is 4.36. The van der Waals surface area contributed by atoms with Crippen molar-refractivity contribution in [1.82, 2.24) is 29.9 Å². The zero-order valence-corrected chi connectivity index (χ0v) is 14.8. The number of aryl methyl sites for hydroxylation is 1. The molecule has 0 saturated carbocycles. The molecule has 4 heterocycles. The molecule has 1 aliphatic heterocycles. The summed E-state index contributed by atoms with van der Waals surface area (Å²) in [7, 11) is 1.95. The molecular formula is C19H22N6O. The molecule has 0 spiro atoms. The van der Waals surface area contributed by atoms with E-state index in [9.17, 15) is 0 Å². The summed E-state index contributed by atoms with van der Waals surface area (Å²) in [4.78, 5) is 10.9. The van der Waals surface area contributed by atoms with Gasteiger partial charge in [0.25, 0.3) is 0 Å². The van der Waals surface area contributed by atoms with Gasteiger partial charge in [-0.1, -0.05) is 17.3 Å². The zero-order valence-electron chi connectivity index (χ0n) is 14.8. The van der Waals surface area contributed by atoms with Crippen molar-refractivity contribution >= 4 is 0 Å². The lowest BCUT2D eigenvalue weighted by Crippen LogP contribution is -2.36. The minimum absolute atomic E-state index is 0.235. The summed E-state index contributed by atoms with van der Waals surface area (Å²) in [5.74, 6) is 0.235. The lowest BCUT2D eigenvalue weighted by Gasteiger charge is -2.32. The fourth-order valence-corrected chi connectivity index (χ4v) is 3.49. The van der Waals surface area contributed by atoms with Crippen molar-refractivity contribution in [2.24, 2.45) is 7.05 Å². The molecule has 1 aliphatic rings. The molecular weight excluding hydrogens is 328 g/mol. The lowest BCUT2D eigenvalue weighted by atomic mass is 9.98. The summed E-state index contributed by atoms with van der Waals surface area (Å²) in [6.07, 6.45) is 5.51. The van der Waals surface area contributed by atoms with Crippen LogP contribution in [0.2, 0.25) is 0 Å². The van der Waals surface area contributed by atoms with Crippen molar-refractivity contribution < 1.29 is 4.74 Å². The topological polar surface area (TPSA) is 69.0 Å². The standard InChI is InChI=1S/C19H22N6O/c1-24-19-16(13-26-14-17-6-2-3-8-21-17)11-25(12-18(19)22-23-24)10-15-5-4-7-20-9-15/h2-9,16H,10-14H2,1H3/t16-/m1/s1. The molecule has 134 valence electrons. The molecule has 0 amide bonds. The van der Waals surface area contributed by atoms with E-state index < -0.39 is 0 Å². The number of nitrogens with zero attached hydrogens (tertiary/aromatic N) is 6. The molecule has 0 unspecified atom stereocenters. The van der Waals surface area contributed by atoms with Gasteiger partial charge in [0.2, 0.25) is 0 Å². The Kier molecular flexibility index (Phi) is 4.99. The van der Waals surface area contributed by atoms with Crippen molar-refractivity contribution in [3.05, 3.63) is 71.6 Å². The average Bonchev–Trinajstić information content (AvgIpc) is 3.04. The third kappa shape index (κ3) is 3.79. The van der Waals surface area contributed by atoms with Crippen LogP contribution in [0.4, 0.5) is 0 Å². The summed E-state index contributed by atoms with van der Waals surface area (Å²) in [5, 5.41) is 8.57. The number of pyridine rings is 2. The van der Waals surface area contributed by atoms with Crippen molar-refractivity contribution in [3.63, 3.8) is 0 Å². The highest BCUT2D eigenvalue weighted by atomic mass is 16.5. The van der Waals surface area contributed by atoms with Gasteiger partial charge < -0.3 is 4.74 Å². The smallest absolute Gasteiger partial charge is 0.100 e. The third-order valence-corrected chi connectivity index (χ3v) is 4.61. The molecule has 3 aromatic heterocycles. The predicted molar refractivity (Wildman–Crippen MR) is 96.0 cm³/mol. The maximum Gasteiger partial charge on any atom is 0.100 e. The Morgan fingerprint density at radius 3 is 2.96 bits per heavy atom. The molecule has 0 fully saturated rings. The van der Waals surface area contributed by atoms with E-state index in [1.807, 2.05) is 42.2 Å². The molecule has 4 rings (SSSR count). The monoisotopic (exact) mass is 350 g/mol. The minimum Gasteiger partial charge on any atom is -0.374 e. The second kappa shape index (κ2) is 7.72. The maximum absolute atomic E-state index is 5.97. The number of ether oxygens (including phenoxy) is 1. The average molecular weight is 350 g/mol. The first-order chi connectivity index (χ1) is 12.8. The first-order valence-corrected chi connectivity index (χ1v) is 8.77. The van der Waals surface area contributed by atoms with E-state index in [1.165, 1.54) is 11.3 Å². The highest BCUT2D eigenvalue weighted by Gasteiger charge is 2.30. The number of hydrogen-bond donors (Lipinski definition) is 0. The molecule has 3 aromatic rings. The highest BCUT2D eigenvalue weighted by molar-refractivity contribution is 5.20. The van der Waals surface area contributed by atoms with E-state index in [-0.39, 0.29) is 5.92 Å². The third-order valence-electron chi connectivity index (χ3n) is 4.61. The second-order valence-corrected chi connectivity index (χ2v) is 6.61. The van der Waals surface area contributed by atoms with Gasteiger partial charge in [-0.25, -0.2) is 0 Å².